The zero-order valence-electron chi connectivity index (χ0n) is 10.9. The van der Waals surface area contributed by atoms with E-state index in [9.17, 15) is 13.8 Å². The quantitative estimate of drug-likeness (QED) is 0.597. The molecule has 1 aromatic heterocycles. The zero-order valence-corrected chi connectivity index (χ0v) is 11.7. The number of hydrogen-bond donors (Lipinski definition) is 0. The minimum absolute atomic E-state index is 0.115. The van der Waals surface area contributed by atoms with Gasteiger partial charge in [0.1, 0.15) is 0 Å². The Morgan fingerprint density at radius 1 is 1.00 bits per heavy atom. The fourth-order valence-corrected chi connectivity index (χ4v) is 10.1. The lowest BCUT2D eigenvalue weighted by molar-refractivity contribution is 0.0280. The second-order valence-electron chi connectivity index (χ2n) is 7.72. The molecule has 1 aromatic rings. The molecule has 0 amide bonds. The van der Waals surface area contributed by atoms with Crippen LogP contribution in [0.4, 0.5) is 0 Å². The summed E-state index contributed by atoms with van der Waals surface area (Å²) in [4.78, 5) is 24.9. The highest BCUT2D eigenvalue weighted by Crippen LogP contribution is 3.03. The van der Waals surface area contributed by atoms with Crippen LogP contribution in [0.25, 0.3) is 0 Å². The highest BCUT2D eigenvalue weighted by atomic mass is 32.2. The third kappa shape index (κ3) is 0.528. The van der Waals surface area contributed by atoms with E-state index < -0.39 is 10.8 Å². The van der Waals surface area contributed by atoms with E-state index in [0.29, 0.717) is 17.8 Å². The third-order valence-electron chi connectivity index (χ3n) is 7.78. The Hall–Kier alpha value is -1.11. The molecule has 7 aliphatic rings. The van der Waals surface area contributed by atoms with Gasteiger partial charge in [-0.3, -0.25) is 4.21 Å². The number of aromatic nitrogens is 3. The molecule has 7 heteroatoms. The summed E-state index contributed by atoms with van der Waals surface area (Å²) in [6, 6.07) is 0.334. The smallest absolute Gasteiger partial charge is 0.260 e. The van der Waals surface area contributed by atoms with Crippen molar-refractivity contribution < 1.29 is 4.21 Å². The lowest BCUT2D eigenvalue weighted by atomic mass is 9.73. The third-order valence-corrected chi connectivity index (χ3v) is 9.38. The number of nitrogens with zero attached hydrogens (tertiary/aromatic N) is 3. The van der Waals surface area contributed by atoms with Crippen LogP contribution < -0.4 is 11.4 Å². The first-order valence-corrected chi connectivity index (χ1v) is 8.81. The van der Waals surface area contributed by atoms with Gasteiger partial charge in [0.15, 0.2) is 0 Å². The van der Waals surface area contributed by atoms with Gasteiger partial charge in [0, 0.05) is 40.2 Å². The molecule has 4 aliphatic carbocycles. The summed E-state index contributed by atoms with van der Waals surface area (Å²) in [5.74, 6) is 4.12. The predicted molar refractivity (Wildman–Crippen MR) is 68.7 cm³/mol. The maximum atomic E-state index is 12.5. The van der Waals surface area contributed by atoms with Gasteiger partial charge in [0.05, 0.1) is 12.1 Å². The molecule has 2 spiro atoms. The minimum Gasteiger partial charge on any atom is -0.260 e. The van der Waals surface area contributed by atoms with Gasteiger partial charge in [-0.25, -0.2) is 23.5 Å². The van der Waals surface area contributed by atoms with E-state index in [1.807, 2.05) is 0 Å². The molecule has 3 aliphatic heterocycles. The molecule has 3 unspecified atom stereocenters. The summed E-state index contributed by atoms with van der Waals surface area (Å²) in [5.41, 5.74) is -0.0984. The first-order valence-electron chi connectivity index (χ1n) is 7.32. The van der Waals surface area contributed by atoms with Crippen LogP contribution in [0, 0.1) is 34.5 Å². The Balaban J connectivity index is 1.69. The molecule has 8 rings (SSSR count). The molecule has 2 bridgehead atoms. The Kier molecular flexibility index (Phi) is 1.04. The van der Waals surface area contributed by atoms with E-state index in [-0.39, 0.29) is 34.3 Å². The van der Waals surface area contributed by atoms with Gasteiger partial charge < -0.3 is 0 Å². The van der Waals surface area contributed by atoms with Gasteiger partial charge in [-0.1, -0.05) is 0 Å². The van der Waals surface area contributed by atoms with E-state index in [2.05, 4.69) is 0 Å². The number of hydrogen-bond acceptors (Lipinski definition) is 3. The van der Waals surface area contributed by atoms with Crippen molar-refractivity contribution in [2.75, 3.05) is 11.5 Å². The van der Waals surface area contributed by atoms with E-state index in [0.717, 1.165) is 17.4 Å². The van der Waals surface area contributed by atoms with E-state index in [4.69, 9.17) is 0 Å². The monoisotopic (exact) mass is 291 g/mol. The SMILES string of the molecule is Cn1c(=O)n2n(c1=O)[C@@H]1[C@H]3C4C5[C@@]6(CS(=O)C[C@@]516)[C@H]2[C@H]43. The molecule has 0 radical (unpaired) electrons. The van der Waals surface area contributed by atoms with Crippen molar-refractivity contribution in [3.8, 4) is 0 Å². The van der Waals surface area contributed by atoms with Crippen LogP contribution in [0.3, 0.4) is 0 Å². The Bertz CT molecular complexity index is 843. The molecular formula is C13H13N3O3S. The molecule has 1 saturated heterocycles. The Morgan fingerprint density at radius 3 is 2.00 bits per heavy atom. The van der Waals surface area contributed by atoms with Crippen LogP contribution in [0.1, 0.15) is 12.1 Å². The first kappa shape index (κ1) is 9.76. The standard InChI is InChI=1S/C13H13N3O3S/c1-14-10(17)15-8-5-4-6(5)9(16(15)11(14)18)13-3-20(19)2-12(8,13)7(4)13/h4-9H,2-3H2,1H3/t4?,5-,6+,7?,8-,9-,12+,13-,20?/m1/s1. The van der Waals surface area contributed by atoms with Gasteiger partial charge >= 0.3 is 11.4 Å². The zero-order chi connectivity index (χ0) is 13.3. The lowest BCUT2D eigenvalue weighted by Gasteiger charge is -2.45. The van der Waals surface area contributed by atoms with Crippen molar-refractivity contribution in [2.24, 2.45) is 41.5 Å². The highest BCUT2D eigenvalue weighted by molar-refractivity contribution is 7.85. The fourth-order valence-electron chi connectivity index (χ4n) is 7.69. The van der Waals surface area contributed by atoms with Crippen LogP contribution in [-0.4, -0.2) is 29.6 Å². The summed E-state index contributed by atoms with van der Waals surface area (Å²) < 4.78 is 17.0. The van der Waals surface area contributed by atoms with Gasteiger partial charge in [-0.15, -0.1) is 0 Å². The van der Waals surface area contributed by atoms with E-state index >= 15 is 0 Å². The summed E-state index contributed by atoms with van der Waals surface area (Å²) in [6.45, 7) is 0. The van der Waals surface area contributed by atoms with Crippen LogP contribution in [0.2, 0.25) is 0 Å². The maximum absolute atomic E-state index is 12.5. The summed E-state index contributed by atoms with van der Waals surface area (Å²) >= 11 is 0. The lowest BCUT2D eigenvalue weighted by Crippen LogP contribution is -2.52. The average molecular weight is 291 g/mol. The minimum atomic E-state index is -0.752. The molecule has 20 heavy (non-hydrogen) atoms. The van der Waals surface area contributed by atoms with Crippen molar-refractivity contribution in [1.29, 1.82) is 0 Å². The van der Waals surface area contributed by atoms with Gasteiger partial charge in [-0.2, -0.15) is 0 Å². The number of rotatable bonds is 0. The molecule has 0 N–H and O–H groups in total. The van der Waals surface area contributed by atoms with Crippen LogP contribution in [0.15, 0.2) is 9.59 Å². The van der Waals surface area contributed by atoms with E-state index in [1.54, 1.807) is 16.4 Å². The second-order valence-corrected chi connectivity index (χ2v) is 9.18. The van der Waals surface area contributed by atoms with Crippen molar-refractivity contribution in [1.82, 2.24) is 13.9 Å². The summed E-state index contributed by atoms with van der Waals surface area (Å²) in [5, 5.41) is 0. The van der Waals surface area contributed by atoms with Crippen molar-refractivity contribution in [3.63, 3.8) is 0 Å². The largest absolute Gasteiger partial charge is 0.347 e. The van der Waals surface area contributed by atoms with Gasteiger partial charge in [-0.05, 0) is 23.7 Å². The topological polar surface area (TPSA) is 66.0 Å². The van der Waals surface area contributed by atoms with Crippen LogP contribution >= 0.6 is 0 Å². The molecule has 9 atom stereocenters. The van der Waals surface area contributed by atoms with Gasteiger partial charge in [0.2, 0.25) is 0 Å². The molecule has 0 aromatic carbocycles. The fraction of sp³-hybridized carbons (Fsp3) is 0.846. The molecular weight excluding hydrogens is 278 g/mol. The molecule has 4 heterocycles. The maximum Gasteiger partial charge on any atom is 0.347 e. The van der Waals surface area contributed by atoms with Crippen LogP contribution in [0.5, 0.6) is 0 Å². The van der Waals surface area contributed by atoms with Crippen molar-refractivity contribution >= 4 is 10.8 Å². The van der Waals surface area contributed by atoms with E-state index in [1.165, 1.54) is 4.57 Å². The second kappa shape index (κ2) is 2.14. The molecule has 6 nitrogen and oxygen atoms in total. The van der Waals surface area contributed by atoms with Gasteiger partial charge in [0.25, 0.3) is 0 Å². The predicted octanol–water partition coefficient (Wildman–Crippen LogP) is -1.30. The Morgan fingerprint density at radius 2 is 1.50 bits per heavy atom. The average Bonchev–Trinajstić information content (AvgIpc) is 3.04. The summed E-state index contributed by atoms with van der Waals surface area (Å²) in [6.07, 6.45) is 0. The normalized spacial score (nSPS) is 64.3. The highest BCUT2D eigenvalue weighted by Gasteiger charge is 3.04. The van der Waals surface area contributed by atoms with Crippen molar-refractivity contribution in [2.45, 2.75) is 12.1 Å². The summed E-state index contributed by atoms with van der Waals surface area (Å²) in [7, 11) is 0.827. The molecule has 4 saturated carbocycles. The first-order chi connectivity index (χ1) is 9.57. The van der Waals surface area contributed by atoms with Crippen molar-refractivity contribution in [3.05, 3.63) is 21.0 Å². The Labute approximate surface area is 115 Å². The molecule has 5 fully saturated rings. The van der Waals surface area contributed by atoms with Crippen LogP contribution in [-0.2, 0) is 17.8 Å². The molecule has 104 valence electrons.